The van der Waals surface area contributed by atoms with E-state index in [0.29, 0.717) is 26.2 Å². The normalized spacial score (nSPS) is 28.2. The van der Waals surface area contributed by atoms with Crippen LogP contribution in [0.2, 0.25) is 0 Å². The average Bonchev–Trinajstić information content (AvgIpc) is 2.50. The van der Waals surface area contributed by atoms with Crippen molar-refractivity contribution in [2.75, 3.05) is 19.8 Å². The van der Waals surface area contributed by atoms with Gasteiger partial charge >= 0.3 is 0 Å². The molecule has 1 N–H and O–H groups in total. The molecule has 0 aromatic heterocycles. The van der Waals surface area contributed by atoms with Gasteiger partial charge in [0.1, 0.15) is 6.04 Å². The summed E-state index contributed by atoms with van der Waals surface area (Å²) in [5.41, 5.74) is -0.172. The van der Waals surface area contributed by atoms with E-state index < -0.39 is 6.04 Å². The Morgan fingerprint density at radius 2 is 1.95 bits per heavy atom. The van der Waals surface area contributed by atoms with E-state index in [-0.39, 0.29) is 23.3 Å². The van der Waals surface area contributed by atoms with Crippen LogP contribution in [0.25, 0.3) is 0 Å². The number of nitrogens with zero attached hydrogens (tertiary/aromatic N) is 1. The van der Waals surface area contributed by atoms with E-state index >= 15 is 0 Å². The molecule has 2 amide bonds. The van der Waals surface area contributed by atoms with Crippen LogP contribution in [0.3, 0.4) is 0 Å². The molecule has 0 aromatic rings. The first kappa shape index (κ1) is 14.3. The quantitative estimate of drug-likeness (QED) is 0.810. The molecule has 2 aliphatic heterocycles. The predicted octanol–water partition coefficient (Wildman–Crippen LogP) is 0.929. The third-order valence-electron chi connectivity index (χ3n) is 4.30. The molecule has 2 aliphatic rings. The molecule has 0 radical (unpaired) electrons. The van der Waals surface area contributed by atoms with Crippen molar-refractivity contribution in [2.45, 2.75) is 51.6 Å². The summed E-state index contributed by atoms with van der Waals surface area (Å²) < 4.78 is 5.40. The van der Waals surface area contributed by atoms with E-state index in [4.69, 9.17) is 4.74 Å². The molecule has 108 valence electrons. The van der Waals surface area contributed by atoms with E-state index in [1.807, 2.05) is 18.7 Å². The topological polar surface area (TPSA) is 58.6 Å². The lowest BCUT2D eigenvalue weighted by molar-refractivity contribution is -0.143. The molecule has 2 fully saturated rings. The summed E-state index contributed by atoms with van der Waals surface area (Å²) in [5, 5.41) is 2.85. The minimum Gasteiger partial charge on any atom is -0.381 e. The first-order chi connectivity index (χ1) is 8.94. The number of carbonyl (C=O) groups excluding carboxylic acids is 2. The molecule has 19 heavy (non-hydrogen) atoms. The van der Waals surface area contributed by atoms with Gasteiger partial charge in [0.25, 0.3) is 0 Å². The van der Waals surface area contributed by atoms with Crippen molar-refractivity contribution in [3.63, 3.8) is 0 Å². The first-order valence-corrected chi connectivity index (χ1v) is 7.13. The minimum absolute atomic E-state index is 0.0230. The highest BCUT2D eigenvalue weighted by molar-refractivity contribution is 5.90. The molecule has 1 atom stereocenters. The summed E-state index contributed by atoms with van der Waals surface area (Å²) in [6, 6.07) is -0.394. The van der Waals surface area contributed by atoms with Gasteiger partial charge in [0, 0.05) is 31.7 Å². The van der Waals surface area contributed by atoms with Crippen molar-refractivity contribution < 1.29 is 14.3 Å². The number of hydrogen-bond donors (Lipinski definition) is 1. The molecular weight excluding hydrogens is 244 g/mol. The number of amides is 2. The SMILES string of the molecule is CC(C)C1NC(=O)CCN(C2(C)CCOCC2)C1=O. The number of ether oxygens (including phenoxy) is 1. The second kappa shape index (κ2) is 5.49. The van der Waals surface area contributed by atoms with E-state index in [9.17, 15) is 9.59 Å². The highest BCUT2D eigenvalue weighted by atomic mass is 16.5. The van der Waals surface area contributed by atoms with Gasteiger partial charge in [-0.1, -0.05) is 13.8 Å². The van der Waals surface area contributed by atoms with Gasteiger partial charge in [-0.25, -0.2) is 0 Å². The van der Waals surface area contributed by atoms with Crippen LogP contribution in [-0.2, 0) is 14.3 Å². The number of hydrogen-bond acceptors (Lipinski definition) is 3. The highest BCUT2D eigenvalue weighted by Gasteiger charge is 2.42. The third-order valence-corrected chi connectivity index (χ3v) is 4.30. The zero-order chi connectivity index (χ0) is 14.0. The monoisotopic (exact) mass is 268 g/mol. The summed E-state index contributed by atoms with van der Waals surface area (Å²) in [7, 11) is 0. The third kappa shape index (κ3) is 2.91. The Morgan fingerprint density at radius 3 is 2.53 bits per heavy atom. The lowest BCUT2D eigenvalue weighted by Crippen LogP contribution is -2.57. The fourth-order valence-electron chi connectivity index (χ4n) is 2.87. The van der Waals surface area contributed by atoms with Crippen LogP contribution in [0.15, 0.2) is 0 Å². The Hall–Kier alpha value is -1.10. The fraction of sp³-hybridized carbons (Fsp3) is 0.857. The first-order valence-electron chi connectivity index (χ1n) is 7.13. The Kier molecular flexibility index (Phi) is 4.13. The Labute approximate surface area is 114 Å². The van der Waals surface area contributed by atoms with Gasteiger partial charge in [-0.3, -0.25) is 9.59 Å². The van der Waals surface area contributed by atoms with Crippen LogP contribution in [0.4, 0.5) is 0 Å². The fourth-order valence-corrected chi connectivity index (χ4v) is 2.87. The maximum absolute atomic E-state index is 12.7. The molecule has 0 aliphatic carbocycles. The largest absolute Gasteiger partial charge is 0.381 e. The van der Waals surface area contributed by atoms with Crippen molar-refractivity contribution in [3.8, 4) is 0 Å². The van der Waals surface area contributed by atoms with Crippen LogP contribution in [0.5, 0.6) is 0 Å². The van der Waals surface area contributed by atoms with Gasteiger partial charge in [-0.05, 0) is 25.7 Å². The van der Waals surface area contributed by atoms with E-state index in [1.165, 1.54) is 0 Å². The number of carbonyl (C=O) groups is 2. The summed E-state index contributed by atoms with van der Waals surface area (Å²) in [6.07, 6.45) is 2.08. The Morgan fingerprint density at radius 1 is 1.32 bits per heavy atom. The second-order valence-electron chi connectivity index (χ2n) is 6.14. The van der Waals surface area contributed by atoms with Crippen molar-refractivity contribution in [3.05, 3.63) is 0 Å². The smallest absolute Gasteiger partial charge is 0.245 e. The van der Waals surface area contributed by atoms with Crippen LogP contribution in [-0.4, -0.2) is 48.1 Å². The van der Waals surface area contributed by atoms with Gasteiger partial charge in [0.2, 0.25) is 11.8 Å². The molecule has 5 nitrogen and oxygen atoms in total. The average molecular weight is 268 g/mol. The molecule has 2 rings (SSSR count). The van der Waals surface area contributed by atoms with Crippen LogP contribution in [0.1, 0.15) is 40.0 Å². The van der Waals surface area contributed by atoms with Gasteiger partial charge in [-0.15, -0.1) is 0 Å². The number of rotatable bonds is 2. The molecule has 2 heterocycles. The van der Waals surface area contributed by atoms with E-state index in [0.717, 1.165) is 12.8 Å². The summed E-state index contributed by atoms with van der Waals surface area (Å²) >= 11 is 0. The summed E-state index contributed by atoms with van der Waals surface area (Å²) in [6.45, 7) is 7.95. The van der Waals surface area contributed by atoms with Crippen molar-refractivity contribution in [1.82, 2.24) is 10.2 Å². The van der Waals surface area contributed by atoms with E-state index in [2.05, 4.69) is 12.2 Å². The maximum Gasteiger partial charge on any atom is 0.245 e. The Balaban J connectivity index is 2.22. The van der Waals surface area contributed by atoms with E-state index in [1.54, 1.807) is 0 Å². The van der Waals surface area contributed by atoms with Crippen molar-refractivity contribution in [1.29, 1.82) is 0 Å². The molecule has 5 heteroatoms. The molecular formula is C14H24N2O3. The summed E-state index contributed by atoms with van der Waals surface area (Å²) in [5.74, 6) is 0.149. The lowest BCUT2D eigenvalue weighted by atomic mass is 9.88. The molecule has 0 aromatic carbocycles. The van der Waals surface area contributed by atoms with Crippen LogP contribution >= 0.6 is 0 Å². The summed E-state index contributed by atoms with van der Waals surface area (Å²) in [4.78, 5) is 26.4. The minimum atomic E-state index is -0.394. The molecule has 0 bridgehead atoms. The maximum atomic E-state index is 12.7. The van der Waals surface area contributed by atoms with Crippen molar-refractivity contribution in [2.24, 2.45) is 5.92 Å². The molecule has 2 saturated heterocycles. The zero-order valence-electron chi connectivity index (χ0n) is 12.1. The van der Waals surface area contributed by atoms with Gasteiger partial charge in [0.15, 0.2) is 0 Å². The number of nitrogens with one attached hydrogen (secondary N) is 1. The Bertz CT molecular complexity index is 362. The van der Waals surface area contributed by atoms with Crippen molar-refractivity contribution >= 4 is 11.8 Å². The van der Waals surface area contributed by atoms with Gasteiger partial charge in [-0.2, -0.15) is 0 Å². The predicted molar refractivity (Wildman–Crippen MR) is 71.6 cm³/mol. The van der Waals surface area contributed by atoms with Gasteiger partial charge in [0.05, 0.1) is 0 Å². The standard InChI is InChI=1S/C14H24N2O3/c1-10(2)12-13(18)16(7-4-11(17)15-12)14(3)5-8-19-9-6-14/h10,12H,4-9H2,1-3H3,(H,15,17). The van der Waals surface area contributed by atoms with Crippen LogP contribution < -0.4 is 5.32 Å². The van der Waals surface area contributed by atoms with Gasteiger partial charge < -0.3 is 15.0 Å². The highest BCUT2D eigenvalue weighted by Crippen LogP contribution is 2.30. The van der Waals surface area contributed by atoms with Crippen LogP contribution in [0, 0.1) is 5.92 Å². The molecule has 0 spiro atoms. The second-order valence-corrected chi connectivity index (χ2v) is 6.14. The molecule has 1 unspecified atom stereocenters. The molecule has 0 saturated carbocycles. The zero-order valence-corrected chi connectivity index (χ0v) is 12.1. The lowest BCUT2D eigenvalue weighted by Gasteiger charge is -2.44.